The molecule has 0 saturated heterocycles. The topological polar surface area (TPSA) is 136 Å². The number of ether oxygens (including phenoxy) is 1. The van der Waals surface area contributed by atoms with Gasteiger partial charge in [-0.3, -0.25) is 4.99 Å². The van der Waals surface area contributed by atoms with Crippen LogP contribution in [0.1, 0.15) is 62.5 Å². The van der Waals surface area contributed by atoms with E-state index in [9.17, 15) is 0 Å². The van der Waals surface area contributed by atoms with E-state index in [1.165, 1.54) is 45.4 Å². The molecule has 0 aliphatic rings. The minimum absolute atomic E-state index is 0.195. The summed E-state index contributed by atoms with van der Waals surface area (Å²) >= 11 is 0. The van der Waals surface area contributed by atoms with Crippen molar-refractivity contribution in [3.05, 3.63) is 29.3 Å². The summed E-state index contributed by atoms with van der Waals surface area (Å²) in [6.07, 6.45) is 10.9. The zero-order valence-corrected chi connectivity index (χ0v) is 18.4. The van der Waals surface area contributed by atoms with Gasteiger partial charge in [0.1, 0.15) is 5.75 Å². The second-order valence-corrected chi connectivity index (χ2v) is 6.90. The van der Waals surface area contributed by atoms with E-state index in [1.54, 1.807) is 0 Å². The number of benzene rings is 1. The highest BCUT2D eigenvalue weighted by atomic mass is 16.5. The molecule has 0 unspecified atom stereocenters. The maximum Gasteiger partial charge on any atom is 0.185 e. The normalized spacial score (nSPS) is 10.0. The average molecular weight is 407 g/mol. The Morgan fingerprint density at radius 2 is 1.62 bits per heavy atom. The van der Waals surface area contributed by atoms with Crippen LogP contribution in [0.4, 0.5) is 0 Å². The molecule has 0 spiro atoms. The van der Waals surface area contributed by atoms with E-state index in [1.807, 2.05) is 25.1 Å². The van der Waals surface area contributed by atoms with Crippen LogP contribution in [0.3, 0.4) is 0 Å². The van der Waals surface area contributed by atoms with E-state index in [-0.39, 0.29) is 5.96 Å². The third-order valence-electron chi connectivity index (χ3n) is 4.43. The van der Waals surface area contributed by atoms with E-state index in [2.05, 4.69) is 16.0 Å². The monoisotopic (exact) mass is 406 g/mol. The number of aliphatic imine (C=N–C) groups is 1. The Morgan fingerprint density at radius 1 is 1.00 bits per heavy atom. The molecule has 0 amide bonds. The van der Waals surface area contributed by atoms with Gasteiger partial charge in [0, 0.05) is 12.8 Å². The molecule has 0 atom stereocenters. The molecule has 1 aromatic rings. The fourth-order valence-electron chi connectivity index (χ4n) is 2.86. The Kier molecular flexibility index (Phi) is 17.8. The maximum atomic E-state index is 7.26. The minimum Gasteiger partial charge on any atom is -0.493 e. The Morgan fingerprint density at radius 3 is 2.24 bits per heavy atom. The molecule has 8 N–H and O–H groups in total. The van der Waals surface area contributed by atoms with Crippen molar-refractivity contribution < 1.29 is 4.74 Å². The fraction of sp³-hybridized carbons (Fsp3) is 0.636. The molecule has 0 fully saturated rings. The van der Waals surface area contributed by atoms with Crippen LogP contribution in [0, 0.1) is 12.3 Å². The van der Waals surface area contributed by atoms with Gasteiger partial charge in [-0.25, -0.2) is 0 Å². The predicted octanol–water partition coefficient (Wildman–Crippen LogP) is 2.93. The maximum absolute atomic E-state index is 7.26. The van der Waals surface area contributed by atoms with Crippen LogP contribution in [0.5, 0.6) is 5.75 Å². The van der Waals surface area contributed by atoms with Gasteiger partial charge in [0.25, 0.3) is 0 Å². The molecule has 7 nitrogen and oxygen atoms in total. The van der Waals surface area contributed by atoms with Crippen molar-refractivity contribution in [1.82, 2.24) is 5.32 Å². The van der Waals surface area contributed by atoms with E-state index in [0.717, 1.165) is 62.4 Å². The van der Waals surface area contributed by atoms with Crippen LogP contribution in [0.2, 0.25) is 0 Å². The van der Waals surface area contributed by atoms with Crippen molar-refractivity contribution >= 4 is 12.2 Å². The van der Waals surface area contributed by atoms with Crippen molar-refractivity contribution in [2.24, 2.45) is 22.2 Å². The van der Waals surface area contributed by atoms with Gasteiger partial charge in [-0.2, -0.15) is 0 Å². The Bertz CT molecular complexity index is 558. The highest BCUT2D eigenvalue weighted by Gasteiger charge is 2.00. The Hall–Kier alpha value is -2.12. The number of nitrogens with one attached hydrogen (secondary N) is 2. The van der Waals surface area contributed by atoms with Crippen molar-refractivity contribution in [3.63, 3.8) is 0 Å². The number of guanidine groups is 1. The summed E-state index contributed by atoms with van der Waals surface area (Å²) in [6.45, 7) is 5.66. The predicted molar refractivity (Wildman–Crippen MR) is 125 cm³/mol. The SMILES string of the molecule is CN.Cc1cc(C=N)ccc1OCCCCNCCCCCCCCN=C(N)N. The molecule has 0 aromatic heterocycles. The molecule has 1 rings (SSSR count). The van der Waals surface area contributed by atoms with Crippen LogP contribution < -0.4 is 27.3 Å². The summed E-state index contributed by atoms with van der Waals surface area (Å²) in [5.74, 6) is 1.12. The molecule has 7 heteroatoms. The first kappa shape index (κ1) is 26.9. The molecule has 0 saturated carbocycles. The smallest absolute Gasteiger partial charge is 0.185 e. The van der Waals surface area contributed by atoms with Gasteiger partial charge in [0.05, 0.1) is 6.61 Å². The van der Waals surface area contributed by atoms with Crippen LogP contribution in [0.15, 0.2) is 23.2 Å². The summed E-state index contributed by atoms with van der Waals surface area (Å²) in [7, 11) is 1.50. The van der Waals surface area contributed by atoms with Gasteiger partial charge in [-0.15, -0.1) is 0 Å². The van der Waals surface area contributed by atoms with Gasteiger partial charge < -0.3 is 32.7 Å². The number of hydrogen-bond donors (Lipinski definition) is 5. The minimum atomic E-state index is 0.195. The third-order valence-corrected chi connectivity index (χ3v) is 4.43. The summed E-state index contributed by atoms with van der Waals surface area (Å²) in [5, 5.41) is 10.8. The van der Waals surface area contributed by atoms with Gasteiger partial charge in [-0.1, -0.05) is 25.7 Å². The molecule has 29 heavy (non-hydrogen) atoms. The lowest BCUT2D eigenvalue weighted by Gasteiger charge is -2.10. The van der Waals surface area contributed by atoms with Gasteiger partial charge in [0.15, 0.2) is 5.96 Å². The number of unbranched alkanes of at least 4 members (excludes halogenated alkanes) is 6. The van der Waals surface area contributed by atoms with Crippen molar-refractivity contribution in [2.45, 2.75) is 58.3 Å². The lowest BCUT2D eigenvalue weighted by molar-refractivity contribution is 0.304. The number of nitrogens with zero attached hydrogens (tertiary/aromatic N) is 1. The first-order chi connectivity index (χ1) is 14.1. The van der Waals surface area contributed by atoms with Crippen LogP contribution >= 0.6 is 0 Å². The summed E-state index contributed by atoms with van der Waals surface area (Å²) in [6, 6.07) is 5.85. The van der Waals surface area contributed by atoms with E-state index < -0.39 is 0 Å². The first-order valence-electron chi connectivity index (χ1n) is 10.7. The van der Waals surface area contributed by atoms with Crippen LogP contribution in [-0.2, 0) is 0 Å². The van der Waals surface area contributed by atoms with E-state index >= 15 is 0 Å². The highest BCUT2D eigenvalue weighted by Crippen LogP contribution is 2.18. The summed E-state index contributed by atoms with van der Waals surface area (Å²) in [5.41, 5.74) is 17.1. The van der Waals surface area contributed by atoms with Crippen molar-refractivity contribution in [2.75, 3.05) is 33.3 Å². The third kappa shape index (κ3) is 15.5. The van der Waals surface area contributed by atoms with E-state index in [0.29, 0.717) is 0 Å². The fourth-order valence-corrected chi connectivity index (χ4v) is 2.86. The van der Waals surface area contributed by atoms with Crippen LogP contribution in [0.25, 0.3) is 0 Å². The van der Waals surface area contributed by atoms with Crippen molar-refractivity contribution in [1.29, 1.82) is 5.41 Å². The first-order valence-corrected chi connectivity index (χ1v) is 10.7. The lowest BCUT2D eigenvalue weighted by Crippen LogP contribution is -2.22. The number of rotatable bonds is 16. The van der Waals surface area contributed by atoms with Crippen LogP contribution in [-0.4, -0.2) is 45.5 Å². The zero-order valence-electron chi connectivity index (χ0n) is 18.4. The molecule has 0 aliphatic heterocycles. The molecular weight excluding hydrogens is 364 g/mol. The molecule has 0 bridgehead atoms. The van der Waals surface area contributed by atoms with Gasteiger partial charge in [-0.05, 0) is 82.1 Å². The second kappa shape index (κ2) is 19.2. The summed E-state index contributed by atoms with van der Waals surface area (Å²) < 4.78 is 5.82. The number of hydrogen-bond acceptors (Lipinski definition) is 5. The number of aryl methyl sites for hydroxylation is 1. The van der Waals surface area contributed by atoms with Gasteiger partial charge in [0.2, 0.25) is 0 Å². The van der Waals surface area contributed by atoms with E-state index in [4.69, 9.17) is 21.6 Å². The quantitative estimate of drug-likeness (QED) is 0.163. The Balaban J connectivity index is 0.00000379. The average Bonchev–Trinajstić information content (AvgIpc) is 2.73. The number of nitrogens with two attached hydrogens (primary N) is 3. The molecule has 0 aliphatic carbocycles. The molecule has 166 valence electrons. The molecule has 0 heterocycles. The molecular formula is C22H42N6O. The highest BCUT2D eigenvalue weighted by molar-refractivity contribution is 5.77. The second-order valence-electron chi connectivity index (χ2n) is 6.90. The lowest BCUT2D eigenvalue weighted by atomic mass is 10.1. The standard InChI is InChI=1S/C21H37N5O.CH5N/c1-18-16-19(17-22)10-11-20(18)27-15-9-8-13-25-12-6-4-2-3-5-7-14-26-21(23)24;1-2/h10-11,16-17,22,25H,2-9,12-15H2,1H3,(H4,23,24,26);2H2,1H3. The zero-order chi connectivity index (χ0) is 21.7. The van der Waals surface area contributed by atoms with Gasteiger partial charge >= 0.3 is 0 Å². The Labute approximate surface area is 177 Å². The van der Waals surface area contributed by atoms with Crippen molar-refractivity contribution in [3.8, 4) is 5.75 Å². The largest absolute Gasteiger partial charge is 0.493 e. The molecule has 1 aromatic carbocycles. The summed E-state index contributed by atoms with van der Waals surface area (Å²) in [4.78, 5) is 3.99. The molecule has 0 radical (unpaired) electrons.